The Morgan fingerprint density at radius 2 is 1.95 bits per heavy atom. The van der Waals surface area contributed by atoms with E-state index in [1.807, 2.05) is 30.3 Å². The van der Waals surface area contributed by atoms with E-state index in [1.165, 1.54) is 4.88 Å². The van der Waals surface area contributed by atoms with Crippen LogP contribution in [0.5, 0.6) is 0 Å². The third kappa shape index (κ3) is 3.15. The van der Waals surface area contributed by atoms with Crippen LogP contribution in [0.25, 0.3) is 0 Å². The minimum Gasteiger partial charge on any atom is -0.377 e. The predicted molar refractivity (Wildman–Crippen MR) is 80.8 cm³/mol. The maximum Gasteiger partial charge on any atom is 0.255 e. The van der Waals surface area contributed by atoms with E-state index < -0.39 is 0 Å². The number of benzene rings is 1. The Labute approximate surface area is 117 Å². The number of thiophene rings is 1. The van der Waals surface area contributed by atoms with Crippen LogP contribution in [0.2, 0.25) is 0 Å². The first-order valence-electron chi connectivity index (χ1n) is 6.20. The second-order valence-corrected chi connectivity index (χ2v) is 5.61. The third-order valence-electron chi connectivity index (χ3n) is 2.91. The number of nitrogens with one attached hydrogen (secondary N) is 1. The summed E-state index contributed by atoms with van der Waals surface area (Å²) in [6.07, 6.45) is 0. The minimum absolute atomic E-state index is 0.0153. The summed E-state index contributed by atoms with van der Waals surface area (Å²) < 4.78 is 0. The Bertz CT molecular complexity index is 549. The summed E-state index contributed by atoms with van der Waals surface area (Å²) in [6, 6.07) is 11.9. The highest BCUT2D eigenvalue weighted by Crippen LogP contribution is 2.25. The standard InChI is InChI=1S/C15H18N2OS/c1-11(14-9-6-10-19-14)16-13-8-5-4-7-12(13)15(18)17(2)3/h4-11,16H,1-3H3. The van der Waals surface area contributed by atoms with Gasteiger partial charge in [-0.05, 0) is 30.5 Å². The lowest BCUT2D eigenvalue weighted by Crippen LogP contribution is -2.23. The van der Waals surface area contributed by atoms with Crippen molar-refractivity contribution in [1.82, 2.24) is 4.90 Å². The smallest absolute Gasteiger partial charge is 0.255 e. The summed E-state index contributed by atoms with van der Waals surface area (Å²) in [5.74, 6) is 0.0153. The number of hydrogen-bond acceptors (Lipinski definition) is 3. The number of carbonyl (C=O) groups is 1. The zero-order chi connectivity index (χ0) is 13.8. The zero-order valence-corrected chi connectivity index (χ0v) is 12.2. The topological polar surface area (TPSA) is 32.3 Å². The van der Waals surface area contributed by atoms with E-state index in [9.17, 15) is 4.79 Å². The monoisotopic (exact) mass is 274 g/mol. The van der Waals surface area contributed by atoms with Crippen molar-refractivity contribution in [2.24, 2.45) is 0 Å². The van der Waals surface area contributed by atoms with Crippen LogP contribution in [0.15, 0.2) is 41.8 Å². The summed E-state index contributed by atoms with van der Waals surface area (Å²) in [5, 5.41) is 5.47. The molecule has 19 heavy (non-hydrogen) atoms. The fourth-order valence-electron chi connectivity index (χ4n) is 1.88. The second-order valence-electron chi connectivity index (χ2n) is 4.63. The van der Waals surface area contributed by atoms with Gasteiger partial charge in [-0.1, -0.05) is 18.2 Å². The molecular weight excluding hydrogens is 256 g/mol. The average molecular weight is 274 g/mol. The molecule has 3 nitrogen and oxygen atoms in total. The Balaban J connectivity index is 2.23. The predicted octanol–water partition coefficient (Wildman–Crippen LogP) is 3.62. The van der Waals surface area contributed by atoms with Crippen LogP contribution in [-0.4, -0.2) is 24.9 Å². The molecule has 1 amide bonds. The number of para-hydroxylation sites is 1. The van der Waals surface area contributed by atoms with E-state index in [-0.39, 0.29) is 11.9 Å². The van der Waals surface area contributed by atoms with Crippen molar-refractivity contribution >= 4 is 22.9 Å². The van der Waals surface area contributed by atoms with E-state index in [2.05, 4.69) is 23.7 Å². The normalized spacial score (nSPS) is 11.9. The second kappa shape index (κ2) is 5.89. The highest BCUT2D eigenvalue weighted by molar-refractivity contribution is 7.10. The number of anilines is 1. The molecule has 2 aromatic rings. The van der Waals surface area contributed by atoms with Crippen molar-refractivity contribution in [3.63, 3.8) is 0 Å². The maximum absolute atomic E-state index is 12.1. The molecule has 1 aromatic carbocycles. The maximum atomic E-state index is 12.1. The molecule has 0 saturated carbocycles. The number of nitrogens with zero attached hydrogens (tertiary/aromatic N) is 1. The van der Waals surface area contributed by atoms with Gasteiger partial charge in [0, 0.05) is 24.7 Å². The highest BCUT2D eigenvalue weighted by Gasteiger charge is 2.14. The SMILES string of the molecule is CC(Nc1ccccc1C(=O)N(C)C)c1cccs1. The quantitative estimate of drug-likeness (QED) is 0.923. The molecule has 4 heteroatoms. The van der Waals surface area contributed by atoms with Crippen molar-refractivity contribution in [2.45, 2.75) is 13.0 Å². The summed E-state index contributed by atoms with van der Waals surface area (Å²) in [6.45, 7) is 2.10. The van der Waals surface area contributed by atoms with Gasteiger partial charge >= 0.3 is 0 Å². The first-order valence-corrected chi connectivity index (χ1v) is 7.08. The van der Waals surface area contributed by atoms with E-state index in [4.69, 9.17) is 0 Å². The Kier molecular flexibility index (Phi) is 4.22. The first-order chi connectivity index (χ1) is 9.09. The highest BCUT2D eigenvalue weighted by atomic mass is 32.1. The summed E-state index contributed by atoms with van der Waals surface area (Å²) in [4.78, 5) is 15.0. The molecule has 0 spiro atoms. The Hall–Kier alpha value is -1.81. The van der Waals surface area contributed by atoms with Crippen LogP contribution >= 0.6 is 11.3 Å². The van der Waals surface area contributed by atoms with Crippen LogP contribution in [0, 0.1) is 0 Å². The van der Waals surface area contributed by atoms with E-state index in [0.29, 0.717) is 5.56 Å². The zero-order valence-electron chi connectivity index (χ0n) is 11.4. The molecule has 0 radical (unpaired) electrons. The molecular formula is C15H18N2OS. The van der Waals surface area contributed by atoms with Gasteiger partial charge < -0.3 is 10.2 Å². The average Bonchev–Trinajstić information content (AvgIpc) is 2.92. The summed E-state index contributed by atoms with van der Waals surface area (Å²) in [5.41, 5.74) is 1.58. The van der Waals surface area contributed by atoms with Crippen LogP contribution < -0.4 is 5.32 Å². The molecule has 100 valence electrons. The minimum atomic E-state index is 0.0153. The molecule has 1 aromatic heterocycles. The Morgan fingerprint density at radius 3 is 2.58 bits per heavy atom. The molecule has 0 aliphatic rings. The summed E-state index contributed by atoms with van der Waals surface area (Å²) in [7, 11) is 3.53. The van der Waals surface area contributed by atoms with Gasteiger partial charge in [-0.3, -0.25) is 4.79 Å². The van der Waals surface area contributed by atoms with Gasteiger partial charge in [-0.25, -0.2) is 0 Å². The molecule has 2 rings (SSSR count). The largest absolute Gasteiger partial charge is 0.377 e. The van der Waals surface area contributed by atoms with Crippen LogP contribution in [0.3, 0.4) is 0 Å². The van der Waals surface area contributed by atoms with Gasteiger partial charge in [-0.15, -0.1) is 11.3 Å². The van der Waals surface area contributed by atoms with Crippen molar-refractivity contribution in [2.75, 3.05) is 19.4 Å². The number of amides is 1. The van der Waals surface area contributed by atoms with Crippen LogP contribution in [0.4, 0.5) is 5.69 Å². The molecule has 0 aliphatic heterocycles. The third-order valence-corrected chi connectivity index (χ3v) is 3.96. The van der Waals surface area contributed by atoms with Crippen molar-refractivity contribution < 1.29 is 4.79 Å². The van der Waals surface area contributed by atoms with Crippen molar-refractivity contribution in [3.8, 4) is 0 Å². The number of rotatable bonds is 4. The van der Waals surface area contributed by atoms with Crippen molar-refractivity contribution in [3.05, 3.63) is 52.2 Å². The van der Waals surface area contributed by atoms with Crippen LogP contribution in [-0.2, 0) is 0 Å². The van der Waals surface area contributed by atoms with E-state index in [1.54, 1.807) is 30.3 Å². The van der Waals surface area contributed by atoms with Crippen LogP contribution in [0.1, 0.15) is 28.2 Å². The number of carbonyl (C=O) groups excluding carboxylic acids is 1. The molecule has 1 unspecified atom stereocenters. The van der Waals surface area contributed by atoms with Gasteiger partial charge in [0.2, 0.25) is 0 Å². The van der Waals surface area contributed by atoms with Gasteiger partial charge in [0.1, 0.15) is 0 Å². The lowest BCUT2D eigenvalue weighted by molar-refractivity contribution is 0.0828. The Morgan fingerprint density at radius 1 is 1.21 bits per heavy atom. The molecule has 1 N–H and O–H groups in total. The number of hydrogen-bond donors (Lipinski definition) is 1. The van der Waals surface area contributed by atoms with Gasteiger partial charge in [0.05, 0.1) is 11.6 Å². The lowest BCUT2D eigenvalue weighted by atomic mass is 10.1. The van der Waals surface area contributed by atoms with E-state index >= 15 is 0 Å². The van der Waals surface area contributed by atoms with Gasteiger partial charge in [-0.2, -0.15) is 0 Å². The first kappa shape index (κ1) is 13.6. The fraction of sp³-hybridized carbons (Fsp3) is 0.267. The molecule has 0 fully saturated rings. The van der Waals surface area contributed by atoms with Gasteiger partial charge in [0.15, 0.2) is 0 Å². The lowest BCUT2D eigenvalue weighted by Gasteiger charge is -2.18. The molecule has 0 saturated heterocycles. The molecule has 1 atom stereocenters. The fourth-order valence-corrected chi connectivity index (χ4v) is 2.61. The molecule has 0 aliphatic carbocycles. The van der Waals surface area contributed by atoms with Crippen molar-refractivity contribution in [1.29, 1.82) is 0 Å². The van der Waals surface area contributed by atoms with Gasteiger partial charge in [0.25, 0.3) is 5.91 Å². The summed E-state index contributed by atoms with van der Waals surface area (Å²) >= 11 is 1.71. The molecule has 1 heterocycles. The molecule has 0 bridgehead atoms. The van der Waals surface area contributed by atoms with E-state index in [0.717, 1.165) is 5.69 Å².